The number of hydrogen-bond donors (Lipinski definition) is 4. The smallest absolute Gasteiger partial charge is 0.324 e. The van der Waals surface area contributed by atoms with E-state index >= 15 is 0 Å². The zero-order valence-electron chi connectivity index (χ0n) is 5.32. The largest absolute Gasteiger partial charge is 0.335 e. The summed E-state index contributed by atoms with van der Waals surface area (Å²) in [7, 11) is -8.26. The first-order valence-corrected chi connectivity index (χ1v) is 7.12. The van der Waals surface area contributed by atoms with Crippen LogP contribution in [0.15, 0.2) is 0 Å². The highest BCUT2D eigenvalue weighted by atomic mass is 32.2. The van der Waals surface area contributed by atoms with Crippen LogP contribution in [0.1, 0.15) is 0 Å². The Morgan fingerprint density at radius 2 is 1.18 bits per heavy atom. The van der Waals surface area contributed by atoms with Crippen LogP contribution in [0.2, 0.25) is 0 Å². The third-order valence-corrected chi connectivity index (χ3v) is 4.67. The van der Waals surface area contributed by atoms with E-state index in [1.54, 1.807) is 0 Å². The maximum Gasteiger partial charge on any atom is 0.335 e. The highest BCUT2D eigenvalue weighted by Gasteiger charge is 2.18. The SMILES string of the molecule is O=P(O)(O)CSCP(=O)(O)O. The minimum atomic E-state index is -4.13. The molecule has 9 heteroatoms. The van der Waals surface area contributed by atoms with E-state index in [1.165, 1.54) is 0 Å². The maximum absolute atomic E-state index is 10.1. The predicted molar refractivity (Wildman–Crippen MR) is 41.4 cm³/mol. The quantitative estimate of drug-likeness (QED) is 0.494. The Balaban J connectivity index is 3.61. The Morgan fingerprint density at radius 3 is 1.36 bits per heavy atom. The average Bonchev–Trinajstić information content (AvgIpc) is 1.55. The highest BCUT2D eigenvalue weighted by molar-refractivity contribution is 8.08. The van der Waals surface area contributed by atoms with Gasteiger partial charge in [-0.2, -0.15) is 0 Å². The van der Waals surface area contributed by atoms with Gasteiger partial charge in [0, 0.05) is 0 Å². The number of thioether (sulfide) groups is 1. The standard InChI is InChI=1S/C2H8O6P2S/c3-9(4,5)1-11-2-10(6,7)8/h1-2H2,(H2,3,4,5)(H2,6,7,8). The van der Waals surface area contributed by atoms with E-state index in [9.17, 15) is 9.13 Å². The summed E-state index contributed by atoms with van der Waals surface area (Å²) < 4.78 is 20.3. The molecule has 0 rings (SSSR count). The lowest BCUT2D eigenvalue weighted by atomic mass is 11.9. The average molecular weight is 222 g/mol. The van der Waals surface area contributed by atoms with Gasteiger partial charge in [0.1, 0.15) is 0 Å². The molecule has 0 heterocycles. The summed E-state index contributed by atoms with van der Waals surface area (Å²) in [5, 5.41) is 0. The molecule has 0 aliphatic rings. The third kappa shape index (κ3) is 10.7. The van der Waals surface area contributed by atoms with Crippen LogP contribution in [0, 0.1) is 0 Å². The van der Waals surface area contributed by atoms with Crippen molar-refractivity contribution in [2.75, 3.05) is 11.0 Å². The van der Waals surface area contributed by atoms with Crippen LogP contribution in [0.25, 0.3) is 0 Å². The number of hydrogen-bond acceptors (Lipinski definition) is 3. The van der Waals surface area contributed by atoms with E-state index in [4.69, 9.17) is 19.6 Å². The fraction of sp³-hybridized carbons (Fsp3) is 1.00. The lowest BCUT2D eigenvalue weighted by Crippen LogP contribution is -1.86. The third-order valence-electron chi connectivity index (χ3n) is 0.519. The van der Waals surface area contributed by atoms with Gasteiger partial charge in [0.15, 0.2) is 0 Å². The zero-order chi connectivity index (χ0) is 9.12. The lowest BCUT2D eigenvalue weighted by Gasteiger charge is -2.04. The summed E-state index contributed by atoms with van der Waals surface area (Å²) in [5.41, 5.74) is -1.11. The molecule has 0 aliphatic heterocycles. The van der Waals surface area contributed by atoms with E-state index < -0.39 is 26.2 Å². The van der Waals surface area contributed by atoms with Crippen molar-refractivity contribution in [3.63, 3.8) is 0 Å². The van der Waals surface area contributed by atoms with Crippen molar-refractivity contribution in [3.05, 3.63) is 0 Å². The van der Waals surface area contributed by atoms with E-state index in [-0.39, 0.29) is 0 Å². The number of rotatable bonds is 4. The molecule has 0 fully saturated rings. The summed E-state index contributed by atoms with van der Waals surface area (Å²) in [6.07, 6.45) is 0. The van der Waals surface area contributed by atoms with Gasteiger partial charge in [0.2, 0.25) is 0 Å². The Labute approximate surface area is 67.3 Å². The van der Waals surface area contributed by atoms with Gasteiger partial charge in [-0.05, 0) is 0 Å². The van der Waals surface area contributed by atoms with Crippen LogP contribution in [-0.2, 0) is 9.13 Å². The minimum absolute atomic E-state index is 0.541. The van der Waals surface area contributed by atoms with Crippen molar-refractivity contribution in [2.45, 2.75) is 0 Å². The van der Waals surface area contributed by atoms with Crippen LogP contribution < -0.4 is 0 Å². The molecule has 0 saturated carbocycles. The molecule has 0 unspecified atom stereocenters. The monoisotopic (exact) mass is 222 g/mol. The molecule has 0 aromatic heterocycles. The zero-order valence-corrected chi connectivity index (χ0v) is 7.93. The second-order valence-electron chi connectivity index (χ2n) is 1.79. The first-order chi connectivity index (χ1) is 4.71. The van der Waals surface area contributed by atoms with Crippen molar-refractivity contribution >= 4 is 27.0 Å². The van der Waals surface area contributed by atoms with Gasteiger partial charge in [0.05, 0.1) is 11.0 Å². The molecule has 68 valence electrons. The molecule has 0 aromatic rings. The van der Waals surface area contributed by atoms with Crippen molar-refractivity contribution in [3.8, 4) is 0 Å². The summed E-state index contributed by atoms with van der Waals surface area (Å²) >= 11 is 0.541. The fourth-order valence-corrected chi connectivity index (χ4v) is 3.24. The summed E-state index contributed by atoms with van der Waals surface area (Å²) in [6, 6.07) is 0. The van der Waals surface area contributed by atoms with Gasteiger partial charge in [-0.1, -0.05) is 0 Å². The fourth-order valence-electron chi connectivity index (χ4n) is 0.279. The normalized spacial score (nSPS) is 13.5. The Bertz CT molecular complexity index is 181. The molecule has 0 saturated heterocycles. The van der Waals surface area contributed by atoms with E-state index in [1.807, 2.05) is 0 Å². The molecular formula is C2H8O6P2S. The summed E-state index contributed by atoms with van der Waals surface area (Å²) in [6.45, 7) is 0. The maximum atomic E-state index is 10.1. The van der Waals surface area contributed by atoms with Crippen LogP contribution in [0.5, 0.6) is 0 Å². The molecule has 11 heavy (non-hydrogen) atoms. The van der Waals surface area contributed by atoms with Crippen molar-refractivity contribution in [1.82, 2.24) is 0 Å². The van der Waals surface area contributed by atoms with Crippen LogP contribution in [0.4, 0.5) is 0 Å². The van der Waals surface area contributed by atoms with Crippen LogP contribution in [-0.4, -0.2) is 30.6 Å². The molecule has 6 nitrogen and oxygen atoms in total. The van der Waals surface area contributed by atoms with E-state index in [2.05, 4.69) is 0 Å². The first kappa shape index (κ1) is 11.6. The van der Waals surface area contributed by atoms with Gasteiger partial charge in [-0.25, -0.2) is 0 Å². The van der Waals surface area contributed by atoms with E-state index in [0.717, 1.165) is 0 Å². The topological polar surface area (TPSA) is 115 Å². The minimum Gasteiger partial charge on any atom is -0.324 e. The first-order valence-electron chi connectivity index (χ1n) is 2.37. The molecule has 0 amide bonds. The molecule has 0 atom stereocenters. The van der Waals surface area contributed by atoms with E-state index in [0.29, 0.717) is 11.8 Å². The Morgan fingerprint density at radius 1 is 0.909 bits per heavy atom. The molecule has 0 radical (unpaired) electrons. The van der Waals surface area contributed by atoms with Gasteiger partial charge in [-0.15, -0.1) is 11.8 Å². The summed E-state index contributed by atoms with van der Waals surface area (Å²) in [4.78, 5) is 33.0. The molecule has 0 bridgehead atoms. The Kier molecular flexibility index (Phi) is 4.29. The van der Waals surface area contributed by atoms with Crippen molar-refractivity contribution in [2.24, 2.45) is 0 Å². The molecular weight excluding hydrogens is 214 g/mol. The summed E-state index contributed by atoms with van der Waals surface area (Å²) in [5.74, 6) is 0. The second kappa shape index (κ2) is 4.05. The predicted octanol–water partition coefficient (Wildman–Crippen LogP) is -0.0100. The van der Waals surface area contributed by atoms with Gasteiger partial charge in [0.25, 0.3) is 0 Å². The van der Waals surface area contributed by atoms with Gasteiger partial charge < -0.3 is 19.6 Å². The Hall–Kier alpha value is 0.650. The molecule has 0 aliphatic carbocycles. The van der Waals surface area contributed by atoms with Crippen LogP contribution in [0.3, 0.4) is 0 Å². The lowest BCUT2D eigenvalue weighted by molar-refractivity contribution is 0.379. The van der Waals surface area contributed by atoms with Gasteiger partial charge >= 0.3 is 15.2 Å². The van der Waals surface area contributed by atoms with Gasteiger partial charge in [-0.3, -0.25) is 9.13 Å². The second-order valence-corrected chi connectivity index (χ2v) is 6.92. The molecule has 0 spiro atoms. The van der Waals surface area contributed by atoms with Crippen molar-refractivity contribution in [1.29, 1.82) is 0 Å². The highest BCUT2D eigenvalue weighted by Crippen LogP contribution is 2.45. The van der Waals surface area contributed by atoms with Crippen LogP contribution >= 0.6 is 27.0 Å². The molecule has 4 N–H and O–H groups in total. The van der Waals surface area contributed by atoms with Crippen molar-refractivity contribution < 1.29 is 28.7 Å². The molecule has 0 aromatic carbocycles.